The highest BCUT2D eigenvalue weighted by molar-refractivity contribution is 7.14. The van der Waals surface area contributed by atoms with Gasteiger partial charge in [0.25, 0.3) is 5.91 Å². The second kappa shape index (κ2) is 7.17. The van der Waals surface area contributed by atoms with Gasteiger partial charge in [-0.05, 0) is 49.1 Å². The maximum Gasteiger partial charge on any atom is 0.271 e. The van der Waals surface area contributed by atoms with E-state index in [1.54, 1.807) is 12.5 Å². The lowest BCUT2D eigenvalue weighted by atomic mass is 9.93. The lowest BCUT2D eigenvalue weighted by molar-refractivity contribution is 0.0929. The molecule has 0 spiro atoms. The number of hydrogen-bond acceptors (Lipinski definition) is 6. The molecule has 3 N–H and O–H groups in total. The van der Waals surface area contributed by atoms with E-state index in [0.717, 1.165) is 30.7 Å². The number of fused-ring (bicyclic) bond motifs is 1. The fourth-order valence-electron chi connectivity index (χ4n) is 3.03. The lowest BCUT2D eigenvalue weighted by Gasteiger charge is -2.22. The van der Waals surface area contributed by atoms with Crippen molar-refractivity contribution in [3.8, 4) is 5.75 Å². The summed E-state index contributed by atoms with van der Waals surface area (Å²) in [5.74, 6) is 0.656. The van der Waals surface area contributed by atoms with E-state index in [4.69, 9.17) is 4.74 Å². The van der Waals surface area contributed by atoms with Gasteiger partial charge < -0.3 is 15.4 Å². The number of ether oxygens (including phenoxy) is 1. The lowest BCUT2D eigenvalue weighted by Crippen LogP contribution is -2.38. The molecule has 0 bridgehead atoms. The van der Waals surface area contributed by atoms with Crippen molar-refractivity contribution in [2.45, 2.75) is 25.3 Å². The Labute approximate surface area is 154 Å². The number of thiazole rings is 1. The van der Waals surface area contributed by atoms with Crippen LogP contribution in [0.4, 0.5) is 10.8 Å². The number of carbonyl (C=O) groups excluding carboxylic acids is 1. The summed E-state index contributed by atoms with van der Waals surface area (Å²) in [6.07, 6.45) is 4.45. The van der Waals surface area contributed by atoms with Crippen molar-refractivity contribution in [1.29, 1.82) is 0 Å². The predicted octanol–water partition coefficient (Wildman–Crippen LogP) is 2.91. The monoisotopic (exact) mass is 369 g/mol. The number of aromatic amines is 1. The summed E-state index contributed by atoms with van der Waals surface area (Å²) in [6.45, 7) is 0. The van der Waals surface area contributed by atoms with Gasteiger partial charge in [0, 0.05) is 22.8 Å². The van der Waals surface area contributed by atoms with E-state index in [0.29, 0.717) is 10.8 Å². The molecule has 2 heterocycles. The fraction of sp³-hybridized carbons (Fsp3) is 0.278. The van der Waals surface area contributed by atoms with Crippen molar-refractivity contribution < 1.29 is 9.53 Å². The Morgan fingerprint density at radius 1 is 1.35 bits per heavy atom. The molecule has 1 amide bonds. The number of aryl methyl sites for hydroxylation is 1. The van der Waals surface area contributed by atoms with Crippen LogP contribution in [0.2, 0.25) is 0 Å². The third-order valence-electron chi connectivity index (χ3n) is 4.43. The second-order valence-electron chi connectivity index (χ2n) is 6.18. The predicted molar refractivity (Wildman–Crippen MR) is 100 cm³/mol. The third-order valence-corrected chi connectivity index (χ3v) is 5.19. The molecule has 0 saturated carbocycles. The van der Waals surface area contributed by atoms with Crippen LogP contribution in [0.5, 0.6) is 5.75 Å². The van der Waals surface area contributed by atoms with Crippen LogP contribution in [0.15, 0.2) is 35.8 Å². The van der Waals surface area contributed by atoms with Gasteiger partial charge >= 0.3 is 0 Å². The van der Waals surface area contributed by atoms with Crippen molar-refractivity contribution in [2.75, 3.05) is 12.4 Å². The third kappa shape index (κ3) is 3.55. The van der Waals surface area contributed by atoms with Crippen LogP contribution in [0.25, 0.3) is 0 Å². The zero-order valence-electron chi connectivity index (χ0n) is 14.3. The van der Waals surface area contributed by atoms with Crippen molar-refractivity contribution in [3.05, 3.63) is 52.8 Å². The molecule has 1 aliphatic rings. The molecule has 7 nitrogen and oxygen atoms in total. The van der Waals surface area contributed by atoms with E-state index in [2.05, 4.69) is 25.8 Å². The standard InChI is InChI=1S/C18H19N5O2S/c1-25-14-5-2-12(3-6-14)21-18-22-16(10-26-18)17(24)20-13-4-7-15-11(8-13)9-19-23-15/h2-3,5-6,9-10,13H,4,7-8H2,1H3,(H,19,23)(H,20,24)(H,21,22). The normalized spacial score (nSPS) is 16.0. The molecule has 4 rings (SSSR count). The minimum absolute atomic E-state index is 0.118. The Kier molecular flexibility index (Phi) is 4.57. The Hall–Kier alpha value is -2.87. The Balaban J connectivity index is 1.37. The van der Waals surface area contributed by atoms with Crippen molar-refractivity contribution in [2.24, 2.45) is 0 Å². The highest BCUT2D eigenvalue weighted by Gasteiger charge is 2.22. The zero-order chi connectivity index (χ0) is 17.9. The van der Waals surface area contributed by atoms with E-state index < -0.39 is 0 Å². The van der Waals surface area contributed by atoms with Gasteiger partial charge in [0.2, 0.25) is 0 Å². The van der Waals surface area contributed by atoms with E-state index in [9.17, 15) is 4.79 Å². The summed E-state index contributed by atoms with van der Waals surface area (Å²) in [4.78, 5) is 16.9. The second-order valence-corrected chi connectivity index (χ2v) is 7.04. The van der Waals surface area contributed by atoms with E-state index in [-0.39, 0.29) is 11.9 Å². The van der Waals surface area contributed by atoms with Crippen molar-refractivity contribution in [1.82, 2.24) is 20.5 Å². The summed E-state index contributed by atoms with van der Waals surface area (Å²) in [5.41, 5.74) is 3.69. The summed E-state index contributed by atoms with van der Waals surface area (Å²) < 4.78 is 5.14. The largest absolute Gasteiger partial charge is 0.497 e. The van der Waals surface area contributed by atoms with Gasteiger partial charge in [-0.3, -0.25) is 9.89 Å². The molecule has 134 valence electrons. The van der Waals surface area contributed by atoms with Gasteiger partial charge in [0.05, 0.1) is 13.3 Å². The molecule has 8 heteroatoms. The molecule has 26 heavy (non-hydrogen) atoms. The number of anilines is 2. The molecule has 0 saturated heterocycles. The fourth-order valence-corrected chi connectivity index (χ4v) is 3.74. The topological polar surface area (TPSA) is 91.9 Å². The number of methoxy groups -OCH3 is 1. The molecule has 1 aromatic carbocycles. The van der Waals surface area contributed by atoms with Gasteiger partial charge in [-0.1, -0.05) is 0 Å². The van der Waals surface area contributed by atoms with Crippen LogP contribution >= 0.6 is 11.3 Å². The Morgan fingerprint density at radius 3 is 3.00 bits per heavy atom. The number of nitrogens with one attached hydrogen (secondary N) is 3. The van der Waals surface area contributed by atoms with Crippen molar-refractivity contribution in [3.63, 3.8) is 0 Å². The molecular weight excluding hydrogens is 350 g/mol. The molecule has 3 aromatic rings. The minimum atomic E-state index is -0.138. The van der Waals surface area contributed by atoms with E-state index in [1.165, 1.54) is 22.6 Å². The number of H-pyrrole nitrogens is 1. The summed E-state index contributed by atoms with van der Waals surface area (Å²) in [7, 11) is 1.63. The molecule has 1 aliphatic carbocycles. The first kappa shape index (κ1) is 16.6. The Morgan fingerprint density at radius 2 is 2.19 bits per heavy atom. The summed E-state index contributed by atoms with van der Waals surface area (Å²) >= 11 is 1.41. The first-order chi connectivity index (χ1) is 12.7. The summed E-state index contributed by atoms with van der Waals surface area (Å²) in [5, 5.41) is 15.8. The van der Waals surface area contributed by atoms with Crippen LogP contribution in [-0.2, 0) is 12.8 Å². The number of benzene rings is 1. The Bertz CT molecular complexity index is 902. The molecule has 0 radical (unpaired) electrons. The quantitative estimate of drug-likeness (QED) is 0.643. The van der Waals surface area contributed by atoms with Crippen LogP contribution in [-0.4, -0.2) is 34.2 Å². The number of rotatable bonds is 5. The van der Waals surface area contributed by atoms with Crippen LogP contribution in [0.1, 0.15) is 28.2 Å². The molecule has 2 aromatic heterocycles. The highest BCUT2D eigenvalue weighted by atomic mass is 32.1. The van der Waals surface area contributed by atoms with Crippen LogP contribution in [0.3, 0.4) is 0 Å². The average Bonchev–Trinajstić information content (AvgIpc) is 3.31. The molecule has 1 unspecified atom stereocenters. The summed E-state index contributed by atoms with van der Waals surface area (Å²) in [6, 6.07) is 7.68. The minimum Gasteiger partial charge on any atom is -0.497 e. The molecule has 0 aliphatic heterocycles. The van der Waals surface area contributed by atoms with Gasteiger partial charge in [-0.15, -0.1) is 11.3 Å². The number of aromatic nitrogens is 3. The number of carbonyl (C=O) groups is 1. The molecule has 1 atom stereocenters. The van der Waals surface area contributed by atoms with E-state index >= 15 is 0 Å². The average molecular weight is 369 g/mol. The van der Waals surface area contributed by atoms with E-state index in [1.807, 2.05) is 30.5 Å². The number of amides is 1. The van der Waals surface area contributed by atoms with Crippen LogP contribution in [0, 0.1) is 0 Å². The maximum absolute atomic E-state index is 12.5. The van der Waals surface area contributed by atoms with Gasteiger partial charge in [-0.25, -0.2) is 4.98 Å². The maximum atomic E-state index is 12.5. The number of nitrogens with zero attached hydrogens (tertiary/aromatic N) is 2. The van der Waals surface area contributed by atoms with Crippen molar-refractivity contribution >= 4 is 28.1 Å². The molecule has 0 fully saturated rings. The highest BCUT2D eigenvalue weighted by Crippen LogP contribution is 2.23. The molecular formula is C18H19N5O2S. The van der Waals surface area contributed by atoms with Gasteiger partial charge in [0.1, 0.15) is 11.4 Å². The van der Waals surface area contributed by atoms with Gasteiger partial charge in [0.15, 0.2) is 5.13 Å². The number of hydrogen-bond donors (Lipinski definition) is 3. The van der Waals surface area contributed by atoms with Gasteiger partial charge in [-0.2, -0.15) is 5.10 Å². The first-order valence-electron chi connectivity index (χ1n) is 8.40. The first-order valence-corrected chi connectivity index (χ1v) is 9.28. The van der Waals surface area contributed by atoms with Crippen LogP contribution < -0.4 is 15.4 Å². The SMILES string of the molecule is COc1ccc(Nc2nc(C(=O)NC3CCc4[nH]ncc4C3)cs2)cc1. The zero-order valence-corrected chi connectivity index (χ0v) is 15.1. The smallest absolute Gasteiger partial charge is 0.271 e.